The van der Waals surface area contributed by atoms with Gasteiger partial charge in [-0.1, -0.05) is 19.3 Å². The molecule has 4 nitrogen and oxygen atoms in total. The Bertz CT molecular complexity index is 356. The number of nitrogens with zero attached hydrogens (tertiary/aromatic N) is 2. The second-order valence-corrected chi connectivity index (χ2v) is 5.08. The largest absolute Gasteiger partial charge is 0.380 e. The van der Waals surface area contributed by atoms with Crippen molar-refractivity contribution >= 4 is 5.95 Å². The van der Waals surface area contributed by atoms with Gasteiger partial charge in [0.05, 0.1) is 12.3 Å². The standard InChI is InChI=1S/C14H25N3O/c1-3-18-10-9-17-11-12(2)15-14(17)16-13-7-5-4-6-8-13/h11,13H,3-10H2,1-2H3,(H,15,16). The number of anilines is 1. The van der Waals surface area contributed by atoms with Crippen LogP contribution in [0.1, 0.15) is 44.7 Å². The summed E-state index contributed by atoms with van der Waals surface area (Å²) in [6, 6.07) is 0.603. The molecule has 1 aromatic rings. The second kappa shape index (κ2) is 6.78. The van der Waals surface area contributed by atoms with Crippen LogP contribution in [0.2, 0.25) is 0 Å². The maximum Gasteiger partial charge on any atom is 0.203 e. The van der Waals surface area contributed by atoms with Crippen LogP contribution in [0.5, 0.6) is 0 Å². The molecule has 1 aliphatic carbocycles. The first-order chi connectivity index (χ1) is 8.79. The van der Waals surface area contributed by atoms with E-state index in [0.717, 1.165) is 31.4 Å². The highest BCUT2D eigenvalue weighted by Gasteiger charge is 2.15. The molecule has 1 N–H and O–H groups in total. The SMILES string of the molecule is CCOCCn1cc(C)nc1NC1CCCCC1. The molecule has 102 valence electrons. The van der Waals surface area contributed by atoms with E-state index in [9.17, 15) is 0 Å². The number of hydrogen-bond donors (Lipinski definition) is 1. The van der Waals surface area contributed by atoms with Crippen LogP contribution >= 0.6 is 0 Å². The van der Waals surface area contributed by atoms with Crippen molar-refractivity contribution in [3.05, 3.63) is 11.9 Å². The zero-order valence-corrected chi connectivity index (χ0v) is 11.6. The molecule has 1 aliphatic rings. The molecule has 0 radical (unpaired) electrons. The van der Waals surface area contributed by atoms with E-state index in [2.05, 4.69) is 21.1 Å². The summed E-state index contributed by atoms with van der Waals surface area (Å²) in [5.74, 6) is 1.01. The maximum absolute atomic E-state index is 5.42. The average Bonchev–Trinajstić information content (AvgIpc) is 2.71. The molecular weight excluding hydrogens is 226 g/mol. The van der Waals surface area contributed by atoms with Gasteiger partial charge in [-0.3, -0.25) is 0 Å². The van der Waals surface area contributed by atoms with Crippen molar-refractivity contribution in [1.82, 2.24) is 9.55 Å². The van der Waals surface area contributed by atoms with Gasteiger partial charge in [-0.05, 0) is 26.7 Å². The van der Waals surface area contributed by atoms with Crippen molar-refractivity contribution in [2.75, 3.05) is 18.5 Å². The topological polar surface area (TPSA) is 39.1 Å². The van der Waals surface area contributed by atoms with Crippen molar-refractivity contribution in [2.45, 2.75) is 58.5 Å². The van der Waals surface area contributed by atoms with Gasteiger partial charge in [0.2, 0.25) is 5.95 Å². The van der Waals surface area contributed by atoms with Gasteiger partial charge in [0.1, 0.15) is 0 Å². The van der Waals surface area contributed by atoms with Crippen LogP contribution < -0.4 is 5.32 Å². The fourth-order valence-electron chi connectivity index (χ4n) is 2.57. The van der Waals surface area contributed by atoms with Gasteiger partial charge in [0.15, 0.2) is 0 Å². The van der Waals surface area contributed by atoms with Crippen LogP contribution in [0.25, 0.3) is 0 Å². The molecule has 0 atom stereocenters. The van der Waals surface area contributed by atoms with Crippen molar-refractivity contribution in [3.63, 3.8) is 0 Å². The van der Waals surface area contributed by atoms with Gasteiger partial charge in [-0.25, -0.2) is 4.98 Å². The van der Waals surface area contributed by atoms with Crippen molar-refractivity contribution < 1.29 is 4.74 Å². The highest BCUT2D eigenvalue weighted by atomic mass is 16.5. The number of ether oxygens (including phenoxy) is 1. The molecule has 0 aliphatic heterocycles. The van der Waals surface area contributed by atoms with E-state index in [0.29, 0.717) is 6.04 Å². The Kier molecular flexibility index (Phi) is 5.05. The van der Waals surface area contributed by atoms with Crippen LogP contribution in [0, 0.1) is 6.92 Å². The predicted molar refractivity (Wildman–Crippen MR) is 74.0 cm³/mol. The molecule has 0 aromatic carbocycles. The van der Waals surface area contributed by atoms with Gasteiger partial charge in [0, 0.05) is 25.4 Å². The van der Waals surface area contributed by atoms with Crippen LogP contribution in [0.15, 0.2) is 6.20 Å². The Morgan fingerprint density at radius 3 is 2.89 bits per heavy atom. The molecule has 4 heteroatoms. The smallest absolute Gasteiger partial charge is 0.203 e. The van der Waals surface area contributed by atoms with E-state index in [1.165, 1.54) is 32.1 Å². The van der Waals surface area contributed by atoms with E-state index in [1.807, 2.05) is 13.8 Å². The number of rotatable bonds is 6. The zero-order chi connectivity index (χ0) is 12.8. The highest BCUT2D eigenvalue weighted by Crippen LogP contribution is 2.21. The third-order valence-corrected chi connectivity index (χ3v) is 3.52. The first-order valence-corrected chi connectivity index (χ1v) is 7.17. The first-order valence-electron chi connectivity index (χ1n) is 7.17. The summed E-state index contributed by atoms with van der Waals surface area (Å²) < 4.78 is 7.60. The van der Waals surface area contributed by atoms with Crippen LogP contribution in [-0.4, -0.2) is 28.8 Å². The number of aromatic nitrogens is 2. The summed E-state index contributed by atoms with van der Waals surface area (Å²) in [5.41, 5.74) is 1.07. The van der Waals surface area contributed by atoms with Crippen molar-refractivity contribution in [1.29, 1.82) is 0 Å². The molecule has 2 rings (SSSR count). The third kappa shape index (κ3) is 3.73. The van der Waals surface area contributed by atoms with Gasteiger partial charge < -0.3 is 14.6 Å². The summed E-state index contributed by atoms with van der Waals surface area (Å²) in [4.78, 5) is 4.58. The fraction of sp³-hybridized carbons (Fsp3) is 0.786. The number of nitrogens with one attached hydrogen (secondary N) is 1. The molecule has 0 spiro atoms. The minimum Gasteiger partial charge on any atom is -0.380 e. The molecule has 1 saturated carbocycles. The molecule has 18 heavy (non-hydrogen) atoms. The third-order valence-electron chi connectivity index (χ3n) is 3.52. The van der Waals surface area contributed by atoms with Crippen molar-refractivity contribution in [2.24, 2.45) is 0 Å². The molecule has 1 fully saturated rings. The molecule has 0 amide bonds. The summed E-state index contributed by atoms with van der Waals surface area (Å²) in [5, 5.41) is 3.59. The monoisotopic (exact) mass is 251 g/mol. The fourth-order valence-corrected chi connectivity index (χ4v) is 2.57. The summed E-state index contributed by atoms with van der Waals surface area (Å²) in [7, 11) is 0. The van der Waals surface area contributed by atoms with Gasteiger partial charge in [-0.15, -0.1) is 0 Å². The van der Waals surface area contributed by atoms with Crippen molar-refractivity contribution in [3.8, 4) is 0 Å². The van der Waals surface area contributed by atoms with E-state index < -0.39 is 0 Å². The Labute approximate surface area is 110 Å². The van der Waals surface area contributed by atoms with E-state index in [-0.39, 0.29) is 0 Å². The lowest BCUT2D eigenvalue weighted by Crippen LogP contribution is -2.24. The lowest BCUT2D eigenvalue weighted by Gasteiger charge is -2.23. The van der Waals surface area contributed by atoms with Crippen LogP contribution in [0.4, 0.5) is 5.95 Å². The molecular formula is C14H25N3O. The van der Waals surface area contributed by atoms with Gasteiger partial charge in [0.25, 0.3) is 0 Å². The van der Waals surface area contributed by atoms with E-state index in [1.54, 1.807) is 0 Å². The van der Waals surface area contributed by atoms with Crippen LogP contribution in [0.3, 0.4) is 0 Å². The number of aryl methyl sites for hydroxylation is 1. The normalized spacial score (nSPS) is 17.0. The van der Waals surface area contributed by atoms with E-state index in [4.69, 9.17) is 4.74 Å². The molecule has 1 heterocycles. The molecule has 0 unspecified atom stereocenters. The highest BCUT2D eigenvalue weighted by molar-refractivity contribution is 5.30. The Balaban J connectivity index is 1.93. The lowest BCUT2D eigenvalue weighted by atomic mass is 9.96. The Hall–Kier alpha value is -1.03. The molecule has 0 saturated heterocycles. The van der Waals surface area contributed by atoms with Crippen LogP contribution in [-0.2, 0) is 11.3 Å². The maximum atomic E-state index is 5.42. The van der Waals surface area contributed by atoms with Gasteiger partial charge >= 0.3 is 0 Å². The summed E-state index contributed by atoms with van der Waals surface area (Å²) in [6.45, 7) is 6.48. The average molecular weight is 251 g/mol. The Morgan fingerprint density at radius 1 is 1.39 bits per heavy atom. The minimum atomic E-state index is 0.603. The second-order valence-electron chi connectivity index (χ2n) is 5.08. The summed E-state index contributed by atoms with van der Waals surface area (Å²) in [6.07, 6.45) is 8.72. The predicted octanol–water partition coefficient (Wildman–Crippen LogP) is 2.97. The van der Waals surface area contributed by atoms with E-state index >= 15 is 0 Å². The quantitative estimate of drug-likeness (QED) is 0.790. The number of hydrogen-bond acceptors (Lipinski definition) is 3. The van der Waals surface area contributed by atoms with Gasteiger partial charge in [-0.2, -0.15) is 0 Å². The first kappa shape index (κ1) is 13.4. The minimum absolute atomic E-state index is 0.603. The lowest BCUT2D eigenvalue weighted by molar-refractivity contribution is 0.139. The Morgan fingerprint density at radius 2 is 2.17 bits per heavy atom. The molecule has 1 aromatic heterocycles. The number of imidazole rings is 1. The summed E-state index contributed by atoms with van der Waals surface area (Å²) >= 11 is 0. The molecule has 0 bridgehead atoms. The zero-order valence-electron chi connectivity index (χ0n) is 11.6.